The summed E-state index contributed by atoms with van der Waals surface area (Å²) >= 11 is 0. The lowest BCUT2D eigenvalue weighted by molar-refractivity contribution is -0.139. The average molecular weight is 191 g/mol. The van der Waals surface area contributed by atoms with Crippen molar-refractivity contribution >= 4 is 11.9 Å². The van der Waals surface area contributed by atoms with Gasteiger partial charge in [-0.3, -0.25) is 9.59 Å². The highest BCUT2D eigenvalue weighted by molar-refractivity contribution is 5.73. The first-order valence-electron chi connectivity index (χ1n) is 3.81. The topological polar surface area (TPSA) is 121 Å². The number of aliphatic hydroxyl groups excluding tert-OH is 1. The van der Waals surface area contributed by atoms with Crippen LogP contribution >= 0.6 is 0 Å². The molecule has 2 atom stereocenters. The Kier molecular flexibility index (Phi) is 5.01. The lowest BCUT2D eigenvalue weighted by atomic mass is 10.1. The third-order valence-corrected chi connectivity index (χ3v) is 1.53. The van der Waals surface area contributed by atoms with E-state index < -0.39 is 24.1 Å². The second-order valence-electron chi connectivity index (χ2n) is 2.77. The molecule has 0 aliphatic rings. The van der Waals surface area contributed by atoms with Gasteiger partial charge in [0.25, 0.3) is 0 Å². The molecule has 76 valence electrons. The molecule has 2 unspecified atom stereocenters. The monoisotopic (exact) mass is 191 g/mol. The molecule has 0 heterocycles. The molecule has 0 aromatic heterocycles. The average Bonchev–Trinajstić information content (AvgIpc) is 2.00. The van der Waals surface area contributed by atoms with E-state index in [1.807, 2.05) is 0 Å². The lowest BCUT2D eigenvalue weighted by Gasteiger charge is -2.11. The molecule has 6 nitrogen and oxygen atoms in total. The van der Waals surface area contributed by atoms with Crippen LogP contribution in [0.5, 0.6) is 0 Å². The highest BCUT2D eigenvalue weighted by atomic mass is 16.4. The molecule has 0 amide bonds. The molecule has 0 bridgehead atoms. The minimum atomic E-state index is -1.20. The van der Waals surface area contributed by atoms with Gasteiger partial charge in [-0.25, -0.2) is 0 Å². The van der Waals surface area contributed by atoms with E-state index in [1.165, 1.54) is 0 Å². The van der Waals surface area contributed by atoms with Crippen molar-refractivity contribution in [1.29, 1.82) is 0 Å². The lowest BCUT2D eigenvalue weighted by Crippen LogP contribution is -2.34. The molecule has 0 aromatic rings. The van der Waals surface area contributed by atoms with Gasteiger partial charge in [-0.15, -0.1) is 0 Å². The number of aliphatic hydroxyl groups is 1. The number of hydrogen-bond acceptors (Lipinski definition) is 4. The fraction of sp³-hybridized carbons (Fsp3) is 0.714. The molecule has 0 saturated heterocycles. The third kappa shape index (κ3) is 6.06. The summed E-state index contributed by atoms with van der Waals surface area (Å²) in [5.74, 6) is -2.22. The minimum Gasteiger partial charge on any atom is -0.481 e. The highest BCUT2D eigenvalue weighted by Crippen LogP contribution is 2.04. The Balaban J connectivity index is 3.67. The normalized spacial score (nSPS) is 14.9. The highest BCUT2D eigenvalue weighted by Gasteiger charge is 2.17. The Morgan fingerprint density at radius 1 is 1.31 bits per heavy atom. The number of carbonyl (C=O) groups is 2. The van der Waals surface area contributed by atoms with Crippen molar-refractivity contribution in [3.63, 3.8) is 0 Å². The molecule has 6 heteroatoms. The second-order valence-corrected chi connectivity index (χ2v) is 2.77. The van der Waals surface area contributed by atoms with Gasteiger partial charge in [0, 0.05) is 6.42 Å². The molecular weight excluding hydrogens is 178 g/mol. The molecule has 0 radical (unpaired) electrons. The van der Waals surface area contributed by atoms with Crippen LogP contribution in [0.15, 0.2) is 0 Å². The fourth-order valence-electron chi connectivity index (χ4n) is 0.802. The predicted molar refractivity (Wildman–Crippen MR) is 43.1 cm³/mol. The SMILES string of the molecule is NC(CC(O)CCC(=O)O)C(=O)O. The van der Waals surface area contributed by atoms with Crippen LogP contribution in [0.3, 0.4) is 0 Å². The number of carboxylic acids is 2. The number of nitrogens with two attached hydrogens (primary N) is 1. The van der Waals surface area contributed by atoms with E-state index in [0.717, 1.165) is 0 Å². The van der Waals surface area contributed by atoms with Crippen LogP contribution < -0.4 is 5.73 Å². The van der Waals surface area contributed by atoms with E-state index in [0.29, 0.717) is 0 Å². The van der Waals surface area contributed by atoms with E-state index in [9.17, 15) is 9.59 Å². The van der Waals surface area contributed by atoms with Gasteiger partial charge in [0.2, 0.25) is 0 Å². The van der Waals surface area contributed by atoms with Gasteiger partial charge in [0.05, 0.1) is 6.10 Å². The van der Waals surface area contributed by atoms with Gasteiger partial charge in [-0.1, -0.05) is 0 Å². The second kappa shape index (κ2) is 5.50. The first-order chi connectivity index (χ1) is 5.93. The van der Waals surface area contributed by atoms with Gasteiger partial charge in [-0.2, -0.15) is 0 Å². The molecular formula is C7H13NO5. The minimum absolute atomic E-state index is 0.0241. The quantitative estimate of drug-likeness (QED) is 0.428. The van der Waals surface area contributed by atoms with Crippen molar-refractivity contribution in [2.24, 2.45) is 5.73 Å². The summed E-state index contributed by atoms with van der Waals surface area (Å²) in [6, 6.07) is -1.14. The first kappa shape index (κ1) is 11.9. The van der Waals surface area contributed by atoms with Gasteiger partial charge < -0.3 is 21.1 Å². The van der Waals surface area contributed by atoms with Crippen LogP contribution in [0.25, 0.3) is 0 Å². The van der Waals surface area contributed by atoms with Crippen molar-refractivity contribution in [2.45, 2.75) is 31.4 Å². The van der Waals surface area contributed by atoms with E-state index in [2.05, 4.69) is 0 Å². The van der Waals surface area contributed by atoms with E-state index >= 15 is 0 Å². The predicted octanol–water partition coefficient (Wildman–Crippen LogP) is -0.986. The Morgan fingerprint density at radius 3 is 2.23 bits per heavy atom. The van der Waals surface area contributed by atoms with Crippen LogP contribution in [0, 0.1) is 0 Å². The standard InChI is InChI=1S/C7H13NO5/c8-5(7(12)13)3-4(9)1-2-6(10)11/h4-5,9H,1-3,8H2,(H,10,11)(H,12,13). The van der Waals surface area contributed by atoms with Crippen molar-refractivity contribution < 1.29 is 24.9 Å². The summed E-state index contributed by atoms with van der Waals surface area (Å²) in [6.07, 6.45) is -1.26. The summed E-state index contributed by atoms with van der Waals surface area (Å²) in [7, 11) is 0. The molecule has 0 rings (SSSR count). The van der Waals surface area contributed by atoms with Crippen LogP contribution in [-0.2, 0) is 9.59 Å². The van der Waals surface area contributed by atoms with Crippen molar-refractivity contribution in [2.75, 3.05) is 0 Å². The maximum absolute atomic E-state index is 10.2. The number of aliphatic carboxylic acids is 2. The smallest absolute Gasteiger partial charge is 0.320 e. The van der Waals surface area contributed by atoms with Gasteiger partial charge in [-0.05, 0) is 12.8 Å². The van der Waals surface area contributed by atoms with Crippen LogP contribution in [-0.4, -0.2) is 39.4 Å². The summed E-state index contributed by atoms with van der Waals surface area (Å²) < 4.78 is 0. The molecule has 0 aromatic carbocycles. The van der Waals surface area contributed by atoms with Crippen LogP contribution in [0.2, 0.25) is 0 Å². The molecule has 0 spiro atoms. The Hall–Kier alpha value is -1.14. The Bertz CT molecular complexity index is 193. The molecule has 5 N–H and O–H groups in total. The fourth-order valence-corrected chi connectivity index (χ4v) is 0.802. The molecule has 13 heavy (non-hydrogen) atoms. The third-order valence-electron chi connectivity index (χ3n) is 1.53. The zero-order valence-electron chi connectivity index (χ0n) is 7.01. The van der Waals surface area contributed by atoms with Crippen molar-refractivity contribution in [3.05, 3.63) is 0 Å². The van der Waals surface area contributed by atoms with Crippen molar-refractivity contribution in [1.82, 2.24) is 0 Å². The molecule has 0 saturated carbocycles. The van der Waals surface area contributed by atoms with E-state index in [-0.39, 0.29) is 19.3 Å². The van der Waals surface area contributed by atoms with E-state index in [4.69, 9.17) is 21.1 Å². The van der Waals surface area contributed by atoms with Crippen LogP contribution in [0.1, 0.15) is 19.3 Å². The van der Waals surface area contributed by atoms with Gasteiger partial charge >= 0.3 is 11.9 Å². The summed E-state index contributed by atoms with van der Waals surface area (Å²) in [6.45, 7) is 0. The Morgan fingerprint density at radius 2 is 1.85 bits per heavy atom. The molecule has 0 fully saturated rings. The summed E-state index contributed by atoms with van der Waals surface area (Å²) in [5, 5.41) is 25.7. The number of hydrogen-bond donors (Lipinski definition) is 4. The number of carboxylic acid groups (broad SMARTS) is 2. The maximum Gasteiger partial charge on any atom is 0.320 e. The first-order valence-corrected chi connectivity index (χ1v) is 3.81. The Labute approximate surface area is 75.0 Å². The maximum atomic E-state index is 10.2. The van der Waals surface area contributed by atoms with Gasteiger partial charge in [0.15, 0.2) is 0 Å². The summed E-state index contributed by atoms with van der Waals surface area (Å²) in [5.41, 5.74) is 5.12. The van der Waals surface area contributed by atoms with Crippen molar-refractivity contribution in [3.8, 4) is 0 Å². The molecule has 0 aliphatic heterocycles. The zero-order chi connectivity index (χ0) is 10.4. The molecule has 0 aliphatic carbocycles. The van der Waals surface area contributed by atoms with E-state index in [1.54, 1.807) is 0 Å². The number of rotatable bonds is 6. The zero-order valence-corrected chi connectivity index (χ0v) is 7.01. The van der Waals surface area contributed by atoms with Gasteiger partial charge in [0.1, 0.15) is 6.04 Å². The summed E-state index contributed by atoms with van der Waals surface area (Å²) in [4.78, 5) is 20.3. The van der Waals surface area contributed by atoms with Crippen LogP contribution in [0.4, 0.5) is 0 Å². The largest absolute Gasteiger partial charge is 0.481 e.